The van der Waals surface area contributed by atoms with Crippen LogP contribution in [-0.4, -0.2) is 65.5 Å². The lowest BCUT2D eigenvalue weighted by molar-refractivity contribution is -0.277. The van der Waals surface area contributed by atoms with Crippen LogP contribution < -0.4 is 23.8 Å². The fourth-order valence-electron chi connectivity index (χ4n) is 7.21. The van der Waals surface area contributed by atoms with Gasteiger partial charge in [-0.1, -0.05) is 5.10 Å². The van der Waals surface area contributed by atoms with Crippen LogP contribution in [-0.2, 0) is 18.8 Å². The van der Waals surface area contributed by atoms with Crippen molar-refractivity contribution in [1.29, 1.82) is 0 Å². The molecule has 1 aliphatic heterocycles. The maximum atomic E-state index is 13.5. The summed E-state index contributed by atoms with van der Waals surface area (Å²) < 4.78 is 180. The molecule has 2 fully saturated rings. The summed E-state index contributed by atoms with van der Waals surface area (Å²) in [5.41, 5.74) is -3.25. The van der Waals surface area contributed by atoms with E-state index in [4.69, 9.17) is 13.9 Å². The second-order valence-electron chi connectivity index (χ2n) is 15.1. The highest BCUT2D eigenvalue weighted by Gasteiger charge is 2.45. The Morgan fingerprint density at radius 3 is 1.58 bits per heavy atom. The molecule has 1 saturated carbocycles. The molecule has 64 heavy (non-hydrogen) atoms. The summed E-state index contributed by atoms with van der Waals surface area (Å²) in [6.07, 6.45) is -18.1. The van der Waals surface area contributed by atoms with E-state index in [1.165, 1.54) is 9.36 Å². The maximum absolute atomic E-state index is 13.5. The van der Waals surface area contributed by atoms with Crippen LogP contribution in [0.4, 0.5) is 58.7 Å². The molecule has 14 nitrogen and oxygen atoms in total. The Bertz CT molecular complexity index is 2380. The first-order valence-corrected chi connectivity index (χ1v) is 19.8. The van der Waals surface area contributed by atoms with Crippen molar-refractivity contribution in [2.45, 2.75) is 91.0 Å². The SMILES string of the molecule is CC(C)n1nc(Br)nc1Oc1ccc(OC(F)(F)F)c(C(F)(F)F)c1.Cc1nnc(N2C[C@H]3CC[C@@H](C2)C3Cc2nc(Oc3ccc(OC(F)(F)F)c(C(F)(F)F)c3)n(C(C)C)n2)o1. The van der Waals surface area contributed by atoms with Crippen molar-refractivity contribution in [2.75, 3.05) is 18.0 Å². The van der Waals surface area contributed by atoms with Gasteiger partial charge >= 0.3 is 43.1 Å². The number of benzene rings is 2. The molecule has 3 aromatic heterocycles. The molecule has 1 aliphatic carbocycles. The molecule has 1 saturated heterocycles. The van der Waals surface area contributed by atoms with E-state index in [-0.39, 0.29) is 46.3 Å². The van der Waals surface area contributed by atoms with Gasteiger partial charge in [-0.15, -0.1) is 36.5 Å². The van der Waals surface area contributed by atoms with Crippen LogP contribution in [0, 0.1) is 24.7 Å². The summed E-state index contributed by atoms with van der Waals surface area (Å²) in [5.74, 6) is -1.49. The molecule has 1 unspecified atom stereocenters. The molecule has 350 valence electrons. The van der Waals surface area contributed by atoms with Crippen molar-refractivity contribution in [3.8, 4) is 35.0 Å². The van der Waals surface area contributed by atoms with E-state index in [0.29, 0.717) is 60.3 Å². The Morgan fingerprint density at radius 1 is 0.688 bits per heavy atom. The Kier molecular flexibility index (Phi) is 13.6. The second kappa shape index (κ2) is 18.2. The van der Waals surface area contributed by atoms with Gasteiger partial charge in [0.1, 0.15) is 34.1 Å². The largest absolute Gasteiger partial charge is 0.573 e. The van der Waals surface area contributed by atoms with Gasteiger partial charge in [0.25, 0.3) is 0 Å². The molecule has 4 heterocycles. The highest BCUT2D eigenvalue weighted by Crippen LogP contribution is 2.46. The Morgan fingerprint density at radius 2 is 1.16 bits per heavy atom. The normalized spacial score (nSPS) is 18.1. The average Bonchev–Trinajstić information content (AvgIpc) is 3.92. The van der Waals surface area contributed by atoms with E-state index in [1.54, 1.807) is 34.6 Å². The summed E-state index contributed by atoms with van der Waals surface area (Å²) in [6.45, 7) is 10.3. The zero-order valence-corrected chi connectivity index (χ0v) is 35.5. The summed E-state index contributed by atoms with van der Waals surface area (Å²) in [6, 6.07) is 3.68. The first-order chi connectivity index (χ1) is 29.6. The Hall–Kier alpha value is -5.50. The van der Waals surface area contributed by atoms with Crippen molar-refractivity contribution in [2.24, 2.45) is 17.8 Å². The number of alkyl halides is 12. The number of piperidine rings is 1. The van der Waals surface area contributed by atoms with Gasteiger partial charge in [-0.3, -0.25) is 0 Å². The summed E-state index contributed by atoms with van der Waals surface area (Å²) in [5, 5.41) is 16.5. The molecule has 3 atom stereocenters. The molecule has 2 bridgehead atoms. The number of rotatable bonds is 11. The van der Waals surface area contributed by atoms with Crippen LogP contribution in [0.15, 0.2) is 45.5 Å². The van der Waals surface area contributed by atoms with Crippen molar-refractivity contribution < 1.29 is 76.0 Å². The maximum Gasteiger partial charge on any atom is 0.573 e. The van der Waals surface area contributed by atoms with Crippen LogP contribution in [0.2, 0.25) is 0 Å². The number of aryl methyl sites for hydroxylation is 1. The van der Waals surface area contributed by atoms with Crippen LogP contribution in [0.3, 0.4) is 0 Å². The number of ether oxygens (including phenoxy) is 4. The lowest BCUT2D eigenvalue weighted by Crippen LogP contribution is -2.43. The number of nitrogens with zero attached hydrogens (tertiary/aromatic N) is 9. The van der Waals surface area contributed by atoms with Gasteiger partial charge in [-0.2, -0.15) is 41.4 Å². The van der Waals surface area contributed by atoms with Crippen molar-refractivity contribution in [1.82, 2.24) is 39.7 Å². The van der Waals surface area contributed by atoms with Gasteiger partial charge in [0.15, 0.2) is 5.82 Å². The second-order valence-corrected chi connectivity index (χ2v) is 15.8. The average molecular weight is 995 g/mol. The molecule has 2 aliphatic rings. The zero-order chi connectivity index (χ0) is 47.1. The van der Waals surface area contributed by atoms with Crippen LogP contribution in [0.25, 0.3) is 0 Å². The molecule has 0 radical (unpaired) electrons. The predicted octanol–water partition coefficient (Wildman–Crippen LogP) is 11.3. The Balaban J connectivity index is 0.000000235. The summed E-state index contributed by atoms with van der Waals surface area (Å²) in [4.78, 5) is 10.4. The lowest BCUT2D eigenvalue weighted by atomic mass is 9.82. The van der Waals surface area contributed by atoms with Gasteiger partial charge in [0, 0.05) is 26.4 Å². The zero-order valence-electron chi connectivity index (χ0n) is 33.9. The predicted molar refractivity (Wildman–Crippen MR) is 200 cm³/mol. The topological polar surface area (TPSA) is 140 Å². The van der Waals surface area contributed by atoms with Crippen molar-refractivity contribution >= 4 is 21.9 Å². The molecular formula is C37H36BrF12N9O5. The lowest BCUT2D eigenvalue weighted by Gasteiger charge is -2.36. The molecule has 0 spiro atoms. The van der Waals surface area contributed by atoms with Crippen LogP contribution >= 0.6 is 15.9 Å². The summed E-state index contributed by atoms with van der Waals surface area (Å²) in [7, 11) is 0. The van der Waals surface area contributed by atoms with Crippen molar-refractivity contribution in [3.63, 3.8) is 0 Å². The monoisotopic (exact) mass is 993 g/mol. The molecule has 0 amide bonds. The van der Waals surface area contributed by atoms with E-state index in [9.17, 15) is 52.7 Å². The van der Waals surface area contributed by atoms with E-state index >= 15 is 0 Å². The fourth-order valence-corrected chi connectivity index (χ4v) is 7.53. The molecular weight excluding hydrogens is 958 g/mol. The van der Waals surface area contributed by atoms with Crippen LogP contribution in [0.5, 0.6) is 35.0 Å². The quantitative estimate of drug-likeness (QED) is 0.116. The van der Waals surface area contributed by atoms with E-state index in [0.717, 1.165) is 38.1 Å². The summed E-state index contributed by atoms with van der Waals surface area (Å²) >= 11 is 3.01. The van der Waals surface area contributed by atoms with Crippen molar-refractivity contribution in [3.05, 3.63) is 64.0 Å². The molecule has 27 heteroatoms. The first-order valence-electron chi connectivity index (χ1n) is 19.1. The minimum Gasteiger partial charge on any atom is -0.424 e. The number of fused-ring (bicyclic) bond motifs is 2. The van der Waals surface area contributed by atoms with Gasteiger partial charge in [0.05, 0.1) is 12.1 Å². The van der Waals surface area contributed by atoms with Gasteiger partial charge in [-0.25, -0.2) is 9.36 Å². The number of hydrogen-bond donors (Lipinski definition) is 0. The highest BCUT2D eigenvalue weighted by molar-refractivity contribution is 9.10. The van der Waals surface area contributed by atoms with E-state index < -0.39 is 47.7 Å². The molecule has 7 rings (SSSR count). The number of anilines is 1. The molecule has 5 aromatic rings. The Labute approximate surface area is 363 Å². The fraction of sp³-hybridized carbons (Fsp3) is 0.514. The standard InChI is InChI=1S/C24H26F6N6O3.C13H10BrF6N3O2/c1-12(2)36-21(38-16-6-7-19(39-24(28,29)30)18(8-16)23(25,26)27)31-20(34-36)9-17-14-4-5-15(17)11-35(10-14)22-33-32-13(3)37-22;1-6(2)23-11(21-10(14)22-23)24-7-3-4-9(25-13(18,19)20)8(5-7)12(15,16)17/h6-8,12,14-15,17H,4-5,9-11H2,1-3H3;3-6H,1-2H3/t14-,15+,17?;. The third kappa shape index (κ3) is 12.0. The molecule has 2 aromatic carbocycles. The highest BCUT2D eigenvalue weighted by atomic mass is 79.9. The van der Waals surface area contributed by atoms with Gasteiger partial charge < -0.3 is 28.3 Å². The smallest absolute Gasteiger partial charge is 0.424 e. The minimum atomic E-state index is -5.28. The number of halogens is 13. The van der Waals surface area contributed by atoms with E-state index in [2.05, 4.69) is 60.7 Å². The van der Waals surface area contributed by atoms with Gasteiger partial charge in [-0.05, 0) is 111 Å². The third-order valence-corrected chi connectivity index (χ3v) is 10.1. The number of hydrogen-bond acceptors (Lipinski definition) is 12. The van der Waals surface area contributed by atoms with Gasteiger partial charge in [0.2, 0.25) is 10.6 Å². The van der Waals surface area contributed by atoms with Crippen LogP contribution in [0.1, 0.15) is 75.5 Å². The third-order valence-electron chi connectivity index (χ3n) is 9.81. The molecule has 0 N–H and O–H groups in total. The minimum absolute atomic E-state index is 0.0521. The first kappa shape index (κ1) is 48.0. The number of aromatic nitrogens is 8. The van der Waals surface area contributed by atoms with E-state index in [1.807, 2.05) is 0 Å².